The number of fused-ring (bicyclic) bond motifs is 6. The molecular weight excluding hydrogens is 2110 g/mol. The third-order valence-corrected chi connectivity index (χ3v) is 32.7. The van der Waals surface area contributed by atoms with Gasteiger partial charge >= 0.3 is 130 Å². The van der Waals surface area contributed by atoms with E-state index in [4.69, 9.17) is 46.8 Å². The van der Waals surface area contributed by atoms with E-state index in [-0.39, 0.29) is 71.8 Å². The van der Waals surface area contributed by atoms with Crippen molar-refractivity contribution < 1.29 is 110 Å². The predicted molar refractivity (Wildman–Crippen MR) is 594 cm³/mol. The average molecular weight is 2200 g/mol. The molecule has 4 heterocycles. The number of furan rings is 2. The predicted octanol–water partition coefficient (Wildman–Crippen LogP) is 20.7. The molecule has 10 nitrogen and oxygen atoms in total. The van der Waals surface area contributed by atoms with E-state index in [9.17, 15) is 10.0 Å². The van der Waals surface area contributed by atoms with Gasteiger partial charge in [-0.2, -0.15) is 0 Å². The van der Waals surface area contributed by atoms with Gasteiger partial charge in [-0.25, -0.2) is 4.67 Å². The standard InChI is InChI=1S/C23H14ClNO.4C18H15P.C12H9BO3.C11H7BrClN.3K.HO4P.Pd/c24-20-12-3-1-8-19(20)22-16(11-6-14-25-22)18-10-5-9-17-15-7-2-4-13-21(15)26-23(17)18;4*1-4-10-16(11-5-1)19(17-12-6-2-7-13-17)18-14-8-3-9-15-18;14-13(15)10-6-3-5-9-8-4-1-2-7-11(8)16-12(9)10;12-9-5-3-7-14-11(9)8-4-1-2-6-10(8)13;;;;1-4-5(2)3;/h1-14H;4*1-15H;1-7,14-15H;1-7H;;;;1H;/q;;;;;;;;;+1;;/p-1. The van der Waals surface area contributed by atoms with Crippen LogP contribution in [0.2, 0.25) is 10.0 Å². The summed E-state index contributed by atoms with van der Waals surface area (Å²) in [6.07, 6.45) is 3.55. The molecule has 2 N–H and O–H groups in total. The summed E-state index contributed by atoms with van der Waals surface area (Å²) in [7, 11) is -6.45. The third-order valence-electron chi connectivity index (χ3n) is 21.5. The first-order chi connectivity index (χ1) is 68.5. The van der Waals surface area contributed by atoms with Gasteiger partial charge in [-0.1, -0.05) is 502 Å². The Balaban J connectivity index is 0.000000146. The minimum atomic E-state index is -3.15. The first-order valence-electron chi connectivity index (χ1n) is 44.9. The van der Waals surface area contributed by atoms with Crippen LogP contribution in [0.3, 0.4) is 0 Å². The second-order valence-electron chi connectivity index (χ2n) is 30.3. The van der Waals surface area contributed by atoms with Crippen molar-refractivity contribution in [3.8, 4) is 33.6 Å². The Hall–Kier alpha value is -7.82. The number of benzene rings is 18. The molecule has 141 heavy (non-hydrogen) atoms. The second-order valence-corrected chi connectivity index (χ2v) is 41.5. The zero-order valence-corrected chi connectivity index (χ0v) is 95.8. The van der Waals surface area contributed by atoms with E-state index in [1.54, 1.807) is 24.5 Å². The summed E-state index contributed by atoms with van der Waals surface area (Å²) in [4.78, 5) is 17.8. The van der Waals surface area contributed by atoms with Crippen molar-refractivity contribution in [3.05, 3.63) is 549 Å². The molecule has 0 saturated heterocycles. The van der Waals surface area contributed by atoms with E-state index in [0.717, 1.165) is 76.4 Å². The monoisotopic (exact) mass is 2200 g/mol. The maximum absolute atomic E-state index is 9.24. The normalized spacial score (nSPS) is 10.5. The van der Waals surface area contributed by atoms with Gasteiger partial charge in [0, 0.05) is 96.6 Å². The van der Waals surface area contributed by atoms with Gasteiger partial charge in [0.15, 0.2) is 0 Å². The summed E-state index contributed by atoms with van der Waals surface area (Å²) in [6.45, 7) is 0. The van der Waals surface area contributed by atoms with Gasteiger partial charge in [-0.05, 0) is 158 Å². The molecule has 1 atom stereocenters. The van der Waals surface area contributed by atoms with E-state index >= 15 is 0 Å². The molecule has 0 aliphatic rings. The summed E-state index contributed by atoms with van der Waals surface area (Å²) in [5.74, 6) is 0. The maximum atomic E-state index is 9.24. The zero-order chi connectivity index (χ0) is 96.5. The van der Waals surface area contributed by atoms with Crippen molar-refractivity contribution in [1.29, 1.82) is 0 Å². The summed E-state index contributed by atoms with van der Waals surface area (Å²) in [6, 6.07) is 180. The number of para-hydroxylation sites is 4. The first kappa shape index (κ1) is 112. The van der Waals surface area contributed by atoms with Crippen molar-refractivity contribution in [3.63, 3.8) is 0 Å². The third kappa shape index (κ3) is 32.1. The van der Waals surface area contributed by atoms with Gasteiger partial charge in [-0.15, -0.1) is 0 Å². The Kier molecular flexibility index (Phi) is 48.4. The van der Waals surface area contributed by atoms with Gasteiger partial charge in [0.05, 0.1) is 11.4 Å². The molecule has 0 saturated carbocycles. The number of hydrogen-bond donors (Lipinski definition) is 2. The van der Waals surface area contributed by atoms with Gasteiger partial charge in [-0.3, -0.25) is 9.97 Å². The van der Waals surface area contributed by atoms with Gasteiger partial charge < -0.3 is 29.0 Å². The van der Waals surface area contributed by atoms with Gasteiger partial charge in [0.2, 0.25) is 0 Å². The van der Waals surface area contributed by atoms with Crippen molar-refractivity contribution >= 4 is 262 Å². The van der Waals surface area contributed by atoms with E-state index in [2.05, 4.69) is 425 Å². The molecule has 0 aliphatic carbocycles. The van der Waals surface area contributed by atoms with Crippen LogP contribution in [-0.4, -0.2) is 90.3 Å². The summed E-state index contributed by atoms with van der Waals surface area (Å²) >= 11 is 18.5. The fraction of sp³-hybridized carbons (Fsp3) is 0. The smallest absolute Gasteiger partial charge is 0 e. The molecule has 22 rings (SSSR count). The van der Waals surface area contributed by atoms with Crippen LogP contribution in [0.15, 0.2) is 547 Å². The number of pyridine rings is 2. The van der Waals surface area contributed by atoms with Crippen LogP contribution in [0.5, 0.6) is 0 Å². The summed E-state index contributed by atoms with van der Waals surface area (Å²) in [5, 5.41) is 49.3. The second kappa shape index (κ2) is 60.9. The molecule has 22 aromatic rings. The van der Waals surface area contributed by atoms with Crippen LogP contribution in [0.1, 0.15) is 0 Å². The number of aromatic nitrogens is 2. The van der Waals surface area contributed by atoms with Crippen LogP contribution in [0.4, 0.5) is 0 Å². The number of rotatable bonds is 17. The van der Waals surface area contributed by atoms with Crippen LogP contribution < -0.4 is 131 Å². The Morgan fingerprint density at radius 2 is 0.511 bits per heavy atom. The Labute approximate surface area is 950 Å². The molecular formula is C118H90BBrCl2K3N2O8P5Pd. The van der Waals surface area contributed by atoms with E-state index in [0.29, 0.717) is 21.1 Å². The van der Waals surface area contributed by atoms with Crippen molar-refractivity contribution in [2.24, 2.45) is 0 Å². The summed E-state index contributed by atoms with van der Waals surface area (Å²) < 4.78 is 24.1. The molecule has 682 valence electrons. The molecule has 18 aromatic carbocycles. The molecule has 23 heteroatoms. The van der Waals surface area contributed by atoms with E-state index < -0.39 is 47.1 Å². The topological polar surface area (TPSA) is 165 Å². The number of nitrogens with zero attached hydrogens (tertiary/aromatic N) is 2. The molecule has 0 spiro atoms. The first-order valence-corrected chi connectivity index (χ1v) is 68.9. The molecule has 0 amide bonds. The fourth-order valence-electron chi connectivity index (χ4n) is 15.4. The van der Waals surface area contributed by atoms with E-state index in [1.165, 1.54) is 127 Å². The average Bonchev–Trinajstić information content (AvgIpc) is 1.61. The van der Waals surface area contributed by atoms with Crippen LogP contribution >= 0.6 is 79.1 Å². The van der Waals surface area contributed by atoms with E-state index in [1.807, 2.05) is 115 Å². The minimum absolute atomic E-state index is 0. The SMILES string of the molecule is Clc1ccccc1-c1ncccc1-c1cccc2c1oc1ccccc12.Clc1ccccc1-c1ncccc1Br.O=[P+]([O-])O[O-].OB(O)c1cccc2c1oc1ccccc12.[K+].[K][K].[Pd].c1ccc(P(c2ccccc2)c2ccccc2)cc1.c1ccc(P(c2ccccc2)c2ccccc2)cc1.c1ccc(P(c2ccccc2)c2ccccc2)cc1.c1ccc(P(c2ccccc2)c2ccccc2)cc1. The molecule has 0 bridgehead atoms. The van der Waals surface area contributed by atoms with Crippen molar-refractivity contribution in [2.75, 3.05) is 0 Å². The maximum Gasteiger partial charge on any atom is 0 e. The van der Waals surface area contributed by atoms with Gasteiger partial charge in [0.25, 0.3) is 0 Å². The number of hydrogen-bond acceptors (Lipinski definition) is 10. The van der Waals surface area contributed by atoms with Crippen LogP contribution in [-0.2, 0) is 29.7 Å². The summed E-state index contributed by atoms with van der Waals surface area (Å²) in [5.41, 5.74) is 9.06. The Bertz CT molecular complexity index is 6590. The minimum Gasteiger partial charge on any atom is -0.0622 e. The fourth-order valence-corrected chi connectivity index (χ4v) is 25.5. The Morgan fingerprint density at radius 3 is 0.794 bits per heavy atom. The van der Waals surface area contributed by atoms with Crippen molar-refractivity contribution in [1.82, 2.24) is 9.97 Å². The number of halogens is 3. The molecule has 0 aliphatic heterocycles. The largest absolute Gasteiger partial charge is 0.0622 e. The zero-order valence-electron chi connectivity index (χ0n) is 77.3. The molecule has 4 aromatic heterocycles. The van der Waals surface area contributed by atoms with Crippen LogP contribution in [0.25, 0.3) is 77.5 Å². The molecule has 0 fully saturated rings. The molecule has 1 unspecified atom stereocenters. The van der Waals surface area contributed by atoms with Gasteiger partial charge in [0.1, 0.15) is 22.3 Å². The van der Waals surface area contributed by atoms with Crippen LogP contribution in [0, 0.1) is 0 Å². The Morgan fingerprint density at radius 1 is 0.291 bits per heavy atom. The van der Waals surface area contributed by atoms with Crippen molar-refractivity contribution in [2.45, 2.75) is 0 Å². The quantitative estimate of drug-likeness (QED) is 0.0388. The molecule has 0 radical (unpaired) electrons.